The summed E-state index contributed by atoms with van der Waals surface area (Å²) < 4.78 is 0.0578. The minimum Gasteiger partial charge on any atom is -0.277 e. The number of hydrogen-bond acceptors (Lipinski definition) is 3. The van der Waals surface area contributed by atoms with Gasteiger partial charge in [-0.15, -0.1) is 0 Å². The summed E-state index contributed by atoms with van der Waals surface area (Å²) in [6.07, 6.45) is 1.71. The summed E-state index contributed by atoms with van der Waals surface area (Å²) in [7, 11) is 0. The predicted octanol–water partition coefficient (Wildman–Crippen LogP) is 3.32. The fraction of sp³-hybridized carbons (Fsp3) is 0. The topological polar surface area (TPSA) is 30.0 Å². The first kappa shape index (κ1) is 10.2. The Morgan fingerprint density at radius 1 is 1.00 bits per heavy atom. The van der Waals surface area contributed by atoms with Crippen molar-refractivity contribution < 1.29 is 0 Å². The standard InChI is InChI=1S/C14H9NOS/c16-14-12(10-5-2-1-3-6-10)9-11-7-4-8-15-13(11)17-14/h1-9H. The van der Waals surface area contributed by atoms with E-state index in [2.05, 4.69) is 4.98 Å². The van der Waals surface area contributed by atoms with Crippen LogP contribution in [0.3, 0.4) is 0 Å². The molecule has 0 radical (unpaired) electrons. The Labute approximate surface area is 102 Å². The molecule has 0 N–H and O–H groups in total. The summed E-state index contributed by atoms with van der Waals surface area (Å²) in [5, 5.41) is 1.01. The quantitative estimate of drug-likeness (QED) is 0.652. The molecule has 3 aromatic rings. The Balaban J connectivity index is 2.31. The Morgan fingerprint density at radius 3 is 2.65 bits per heavy atom. The molecule has 0 saturated carbocycles. The number of aromatic nitrogens is 1. The molecule has 0 unspecified atom stereocenters. The zero-order valence-electron chi connectivity index (χ0n) is 8.96. The van der Waals surface area contributed by atoms with E-state index in [1.165, 1.54) is 11.3 Å². The lowest BCUT2D eigenvalue weighted by atomic mass is 10.1. The van der Waals surface area contributed by atoms with Gasteiger partial charge in [0, 0.05) is 17.1 Å². The highest BCUT2D eigenvalue weighted by Gasteiger charge is 2.05. The molecule has 0 aliphatic rings. The molecule has 0 saturated heterocycles. The molecule has 0 atom stereocenters. The summed E-state index contributed by atoms with van der Waals surface area (Å²) in [6.45, 7) is 0. The second kappa shape index (κ2) is 4.11. The van der Waals surface area contributed by atoms with Gasteiger partial charge in [-0.25, -0.2) is 4.98 Å². The SMILES string of the molecule is O=c1sc2ncccc2cc1-c1ccccc1. The molecule has 2 heterocycles. The molecule has 17 heavy (non-hydrogen) atoms. The molecule has 2 aromatic heterocycles. The van der Waals surface area contributed by atoms with E-state index in [1.807, 2.05) is 48.5 Å². The number of hydrogen-bond donors (Lipinski definition) is 0. The first-order chi connectivity index (χ1) is 8.34. The van der Waals surface area contributed by atoms with Crippen LogP contribution in [0.15, 0.2) is 59.5 Å². The van der Waals surface area contributed by atoms with E-state index in [0.29, 0.717) is 0 Å². The van der Waals surface area contributed by atoms with Crippen LogP contribution in [0.25, 0.3) is 21.3 Å². The van der Waals surface area contributed by atoms with Crippen molar-refractivity contribution in [1.29, 1.82) is 0 Å². The molecule has 0 aliphatic heterocycles. The third kappa shape index (κ3) is 1.85. The summed E-state index contributed by atoms with van der Waals surface area (Å²) in [6, 6.07) is 15.5. The lowest BCUT2D eigenvalue weighted by Crippen LogP contribution is -1.99. The summed E-state index contributed by atoms with van der Waals surface area (Å²) >= 11 is 1.20. The van der Waals surface area contributed by atoms with E-state index < -0.39 is 0 Å². The van der Waals surface area contributed by atoms with Crippen molar-refractivity contribution in [3.63, 3.8) is 0 Å². The van der Waals surface area contributed by atoms with Crippen molar-refractivity contribution in [1.82, 2.24) is 4.98 Å². The Hall–Kier alpha value is -2.00. The van der Waals surface area contributed by atoms with Gasteiger partial charge in [0.1, 0.15) is 4.83 Å². The van der Waals surface area contributed by atoms with Gasteiger partial charge in [0.15, 0.2) is 0 Å². The third-order valence-electron chi connectivity index (χ3n) is 2.59. The number of pyridine rings is 1. The summed E-state index contributed by atoms with van der Waals surface area (Å²) in [5.41, 5.74) is 1.70. The van der Waals surface area contributed by atoms with E-state index in [9.17, 15) is 4.79 Å². The van der Waals surface area contributed by atoms with Crippen LogP contribution >= 0.6 is 11.3 Å². The maximum atomic E-state index is 12.0. The summed E-state index contributed by atoms with van der Waals surface area (Å²) in [5.74, 6) is 0. The van der Waals surface area contributed by atoms with Crippen LogP contribution in [0.5, 0.6) is 0 Å². The van der Waals surface area contributed by atoms with Gasteiger partial charge in [0.25, 0.3) is 0 Å². The van der Waals surface area contributed by atoms with E-state index in [0.717, 1.165) is 21.3 Å². The highest BCUT2D eigenvalue weighted by Crippen LogP contribution is 2.21. The molecule has 3 heteroatoms. The molecule has 0 spiro atoms. The lowest BCUT2D eigenvalue weighted by Gasteiger charge is -2.01. The van der Waals surface area contributed by atoms with Crippen molar-refractivity contribution in [2.24, 2.45) is 0 Å². The van der Waals surface area contributed by atoms with E-state index >= 15 is 0 Å². The normalized spacial score (nSPS) is 10.6. The van der Waals surface area contributed by atoms with Crippen molar-refractivity contribution >= 4 is 21.6 Å². The fourth-order valence-electron chi connectivity index (χ4n) is 1.77. The van der Waals surface area contributed by atoms with Crippen LogP contribution in [0.1, 0.15) is 0 Å². The molecule has 2 nitrogen and oxygen atoms in total. The van der Waals surface area contributed by atoms with Gasteiger partial charge in [-0.3, -0.25) is 4.79 Å². The van der Waals surface area contributed by atoms with Gasteiger partial charge >= 0.3 is 0 Å². The number of nitrogens with zero attached hydrogens (tertiary/aromatic N) is 1. The molecule has 0 bridgehead atoms. The number of benzene rings is 1. The Bertz CT molecular complexity index is 719. The van der Waals surface area contributed by atoms with Crippen molar-refractivity contribution in [3.05, 3.63) is 64.3 Å². The number of fused-ring (bicyclic) bond motifs is 1. The molecule has 1 aromatic carbocycles. The van der Waals surface area contributed by atoms with Gasteiger partial charge in [-0.1, -0.05) is 47.7 Å². The van der Waals surface area contributed by atoms with Crippen LogP contribution in [0, 0.1) is 0 Å². The molecule has 3 rings (SSSR count). The number of rotatable bonds is 1. The monoisotopic (exact) mass is 239 g/mol. The average Bonchev–Trinajstić information content (AvgIpc) is 2.39. The Morgan fingerprint density at radius 2 is 1.82 bits per heavy atom. The first-order valence-corrected chi connectivity index (χ1v) is 6.10. The fourth-order valence-corrected chi connectivity index (χ4v) is 2.60. The van der Waals surface area contributed by atoms with Crippen molar-refractivity contribution in [2.45, 2.75) is 0 Å². The van der Waals surface area contributed by atoms with Gasteiger partial charge in [-0.2, -0.15) is 0 Å². The molecule has 0 fully saturated rings. The maximum Gasteiger partial charge on any atom is 0.242 e. The highest BCUT2D eigenvalue weighted by atomic mass is 32.1. The smallest absolute Gasteiger partial charge is 0.242 e. The highest BCUT2D eigenvalue weighted by molar-refractivity contribution is 7.16. The lowest BCUT2D eigenvalue weighted by molar-refractivity contribution is 1.44. The van der Waals surface area contributed by atoms with Crippen LogP contribution in [-0.2, 0) is 0 Å². The first-order valence-electron chi connectivity index (χ1n) is 5.29. The van der Waals surface area contributed by atoms with Gasteiger partial charge in [0.2, 0.25) is 4.74 Å². The third-order valence-corrected chi connectivity index (χ3v) is 3.53. The van der Waals surface area contributed by atoms with Crippen LogP contribution in [0.2, 0.25) is 0 Å². The van der Waals surface area contributed by atoms with Crippen LogP contribution in [0.4, 0.5) is 0 Å². The molecular weight excluding hydrogens is 230 g/mol. The summed E-state index contributed by atoms with van der Waals surface area (Å²) in [4.78, 5) is 17.0. The van der Waals surface area contributed by atoms with Crippen molar-refractivity contribution in [2.75, 3.05) is 0 Å². The maximum absolute atomic E-state index is 12.0. The van der Waals surface area contributed by atoms with Crippen LogP contribution in [-0.4, -0.2) is 4.98 Å². The minimum absolute atomic E-state index is 0.0578. The largest absolute Gasteiger partial charge is 0.277 e. The van der Waals surface area contributed by atoms with Gasteiger partial charge in [-0.05, 0) is 17.7 Å². The van der Waals surface area contributed by atoms with Gasteiger partial charge < -0.3 is 0 Å². The minimum atomic E-state index is 0.0578. The Kier molecular flexibility index (Phi) is 2.46. The van der Waals surface area contributed by atoms with Crippen molar-refractivity contribution in [3.8, 4) is 11.1 Å². The second-order valence-electron chi connectivity index (χ2n) is 3.71. The van der Waals surface area contributed by atoms with E-state index in [4.69, 9.17) is 0 Å². The molecular formula is C14H9NOS. The predicted molar refractivity (Wildman–Crippen MR) is 71.3 cm³/mol. The second-order valence-corrected chi connectivity index (χ2v) is 4.67. The molecule has 82 valence electrons. The van der Waals surface area contributed by atoms with E-state index in [-0.39, 0.29) is 4.74 Å². The zero-order valence-corrected chi connectivity index (χ0v) is 9.78. The zero-order chi connectivity index (χ0) is 11.7. The van der Waals surface area contributed by atoms with E-state index in [1.54, 1.807) is 6.20 Å². The molecule has 0 amide bonds. The van der Waals surface area contributed by atoms with Gasteiger partial charge in [0.05, 0.1) is 0 Å². The molecule has 0 aliphatic carbocycles. The van der Waals surface area contributed by atoms with Crippen LogP contribution < -0.4 is 4.74 Å². The average molecular weight is 239 g/mol.